The van der Waals surface area contributed by atoms with E-state index in [2.05, 4.69) is 41.6 Å². The van der Waals surface area contributed by atoms with Gasteiger partial charge >= 0.3 is 6.01 Å². The van der Waals surface area contributed by atoms with Crippen molar-refractivity contribution in [2.75, 3.05) is 17.9 Å². The van der Waals surface area contributed by atoms with Gasteiger partial charge in [0.2, 0.25) is 11.9 Å². The molecule has 100 valence electrons. The van der Waals surface area contributed by atoms with Gasteiger partial charge in [0, 0.05) is 10.2 Å². The highest BCUT2D eigenvalue weighted by Crippen LogP contribution is 2.22. The normalized spacial score (nSPS) is 10.1. The molecule has 7 nitrogen and oxygen atoms in total. The number of nitrogens with two attached hydrogens (primary N) is 1. The molecule has 0 bridgehead atoms. The average molecular weight is 325 g/mol. The van der Waals surface area contributed by atoms with Gasteiger partial charge < -0.3 is 10.1 Å². The SMILES string of the molecule is COc1nc(NN)nc(Nc2ccc(Br)c(C)c2)n1. The highest BCUT2D eigenvalue weighted by atomic mass is 79.9. The molecule has 0 amide bonds. The summed E-state index contributed by atoms with van der Waals surface area (Å²) in [6.45, 7) is 2.00. The number of rotatable bonds is 4. The zero-order valence-corrected chi connectivity index (χ0v) is 12.0. The van der Waals surface area contributed by atoms with Crippen molar-refractivity contribution in [3.8, 4) is 6.01 Å². The van der Waals surface area contributed by atoms with E-state index in [1.165, 1.54) is 7.11 Å². The van der Waals surface area contributed by atoms with E-state index in [1.807, 2.05) is 25.1 Å². The van der Waals surface area contributed by atoms with E-state index in [9.17, 15) is 0 Å². The van der Waals surface area contributed by atoms with E-state index < -0.39 is 0 Å². The van der Waals surface area contributed by atoms with E-state index in [-0.39, 0.29) is 12.0 Å². The largest absolute Gasteiger partial charge is 0.467 e. The Hall–Kier alpha value is -1.93. The number of aryl methyl sites for hydroxylation is 1. The molecule has 0 unspecified atom stereocenters. The van der Waals surface area contributed by atoms with Gasteiger partial charge in [-0.05, 0) is 30.7 Å². The van der Waals surface area contributed by atoms with Crippen LogP contribution in [0.5, 0.6) is 6.01 Å². The molecule has 0 aliphatic heterocycles. The van der Waals surface area contributed by atoms with Crippen molar-refractivity contribution in [2.45, 2.75) is 6.92 Å². The molecule has 0 saturated heterocycles. The van der Waals surface area contributed by atoms with E-state index in [0.29, 0.717) is 5.95 Å². The molecule has 0 aliphatic carbocycles. The van der Waals surface area contributed by atoms with Crippen LogP contribution in [-0.4, -0.2) is 22.1 Å². The van der Waals surface area contributed by atoms with Crippen LogP contribution >= 0.6 is 15.9 Å². The molecule has 1 aromatic heterocycles. The van der Waals surface area contributed by atoms with Crippen molar-refractivity contribution in [3.63, 3.8) is 0 Å². The number of nitrogen functional groups attached to an aromatic ring is 1. The fourth-order valence-corrected chi connectivity index (χ4v) is 1.67. The summed E-state index contributed by atoms with van der Waals surface area (Å²) in [7, 11) is 1.48. The van der Waals surface area contributed by atoms with Gasteiger partial charge in [0.15, 0.2) is 0 Å². The number of hydrogen-bond donors (Lipinski definition) is 3. The summed E-state index contributed by atoms with van der Waals surface area (Å²) < 4.78 is 6.01. The van der Waals surface area contributed by atoms with Crippen LogP contribution in [0.15, 0.2) is 22.7 Å². The first kappa shape index (κ1) is 13.5. The number of nitrogens with zero attached hydrogens (tertiary/aromatic N) is 3. The van der Waals surface area contributed by atoms with Crippen molar-refractivity contribution in [2.24, 2.45) is 5.84 Å². The smallest absolute Gasteiger partial charge is 0.322 e. The number of aromatic nitrogens is 3. The summed E-state index contributed by atoms with van der Waals surface area (Å²) in [5.74, 6) is 5.86. The lowest BCUT2D eigenvalue weighted by molar-refractivity contribution is 0.379. The molecule has 0 saturated carbocycles. The third-order valence-electron chi connectivity index (χ3n) is 2.34. The van der Waals surface area contributed by atoms with Crippen molar-refractivity contribution < 1.29 is 4.74 Å². The lowest BCUT2D eigenvalue weighted by Gasteiger charge is -2.08. The molecule has 0 aliphatic rings. The number of halogens is 1. The molecule has 19 heavy (non-hydrogen) atoms. The molecule has 1 heterocycles. The van der Waals surface area contributed by atoms with E-state index in [1.54, 1.807) is 0 Å². The van der Waals surface area contributed by atoms with Gasteiger partial charge in [-0.15, -0.1) is 0 Å². The molecule has 2 rings (SSSR count). The fraction of sp³-hybridized carbons (Fsp3) is 0.182. The minimum absolute atomic E-state index is 0.180. The molecule has 1 aromatic carbocycles. The number of ether oxygens (including phenoxy) is 1. The zero-order chi connectivity index (χ0) is 13.8. The molecule has 0 spiro atoms. The highest BCUT2D eigenvalue weighted by Gasteiger charge is 2.06. The molecule has 8 heteroatoms. The van der Waals surface area contributed by atoms with Crippen LogP contribution in [0.3, 0.4) is 0 Å². The first-order valence-corrected chi connectivity index (χ1v) is 6.21. The molecule has 0 atom stereocenters. The molecule has 2 aromatic rings. The Kier molecular flexibility index (Phi) is 4.13. The number of hydrogen-bond acceptors (Lipinski definition) is 7. The van der Waals surface area contributed by atoms with Crippen LogP contribution in [0.1, 0.15) is 5.56 Å². The second-order valence-corrected chi connectivity index (χ2v) is 4.56. The standard InChI is InChI=1S/C11H13BrN6O/c1-6-5-7(3-4-8(6)12)14-9-15-10(18-13)17-11(16-9)19-2/h3-5H,13H2,1-2H3,(H2,14,15,16,17,18). The summed E-state index contributed by atoms with van der Waals surface area (Å²) >= 11 is 3.44. The number of methoxy groups -OCH3 is 1. The van der Waals surface area contributed by atoms with Gasteiger partial charge in [-0.3, -0.25) is 5.43 Å². The Morgan fingerprint density at radius 1 is 1.21 bits per heavy atom. The molecule has 0 radical (unpaired) electrons. The van der Waals surface area contributed by atoms with Crippen LogP contribution < -0.4 is 21.3 Å². The van der Waals surface area contributed by atoms with Gasteiger partial charge in [0.25, 0.3) is 0 Å². The quantitative estimate of drug-likeness (QED) is 0.584. The topological polar surface area (TPSA) is 98.0 Å². The van der Waals surface area contributed by atoms with E-state index in [0.717, 1.165) is 15.7 Å². The van der Waals surface area contributed by atoms with Gasteiger partial charge in [-0.1, -0.05) is 15.9 Å². The van der Waals surface area contributed by atoms with Gasteiger partial charge in [0.05, 0.1) is 7.11 Å². The zero-order valence-electron chi connectivity index (χ0n) is 10.4. The first-order valence-electron chi connectivity index (χ1n) is 5.42. The van der Waals surface area contributed by atoms with E-state index in [4.69, 9.17) is 10.6 Å². The summed E-state index contributed by atoms with van der Waals surface area (Å²) in [6, 6.07) is 6.00. The maximum atomic E-state index is 5.29. The lowest BCUT2D eigenvalue weighted by Crippen LogP contribution is -2.13. The number of nitrogens with one attached hydrogen (secondary N) is 2. The second-order valence-electron chi connectivity index (χ2n) is 3.70. The molecular weight excluding hydrogens is 312 g/mol. The molecule has 0 fully saturated rings. The van der Waals surface area contributed by atoms with Crippen LogP contribution in [0.4, 0.5) is 17.6 Å². The minimum atomic E-state index is 0.180. The Morgan fingerprint density at radius 3 is 2.58 bits per heavy atom. The Bertz CT molecular complexity index is 569. The fourth-order valence-electron chi connectivity index (χ4n) is 1.42. The van der Waals surface area contributed by atoms with Gasteiger partial charge in [-0.2, -0.15) is 15.0 Å². The third kappa shape index (κ3) is 3.30. The second kappa shape index (κ2) is 5.81. The minimum Gasteiger partial charge on any atom is -0.467 e. The predicted molar refractivity (Wildman–Crippen MR) is 76.4 cm³/mol. The van der Waals surface area contributed by atoms with Gasteiger partial charge in [-0.25, -0.2) is 5.84 Å². The number of hydrazine groups is 1. The molecular formula is C11H13BrN6O. The van der Waals surface area contributed by atoms with Crippen molar-refractivity contribution in [1.29, 1.82) is 0 Å². The van der Waals surface area contributed by atoms with Crippen molar-refractivity contribution >= 4 is 33.5 Å². The van der Waals surface area contributed by atoms with E-state index >= 15 is 0 Å². The highest BCUT2D eigenvalue weighted by molar-refractivity contribution is 9.10. The number of anilines is 3. The average Bonchev–Trinajstić information content (AvgIpc) is 2.42. The van der Waals surface area contributed by atoms with Gasteiger partial charge in [0.1, 0.15) is 0 Å². The maximum Gasteiger partial charge on any atom is 0.322 e. The Morgan fingerprint density at radius 2 is 1.95 bits per heavy atom. The monoisotopic (exact) mass is 324 g/mol. The Labute approximate surface area is 118 Å². The first-order chi connectivity index (χ1) is 9.12. The maximum absolute atomic E-state index is 5.29. The third-order valence-corrected chi connectivity index (χ3v) is 3.23. The van der Waals surface area contributed by atoms with Crippen LogP contribution in [0, 0.1) is 6.92 Å². The lowest BCUT2D eigenvalue weighted by atomic mass is 10.2. The molecule has 4 N–H and O–H groups in total. The summed E-state index contributed by atoms with van der Waals surface area (Å²) in [5, 5.41) is 3.06. The summed E-state index contributed by atoms with van der Waals surface area (Å²) in [6.07, 6.45) is 0. The van der Waals surface area contributed by atoms with Crippen LogP contribution in [-0.2, 0) is 0 Å². The number of benzene rings is 1. The van der Waals surface area contributed by atoms with Crippen LogP contribution in [0.2, 0.25) is 0 Å². The Balaban J connectivity index is 2.29. The van der Waals surface area contributed by atoms with Crippen molar-refractivity contribution in [3.05, 3.63) is 28.2 Å². The van der Waals surface area contributed by atoms with Crippen molar-refractivity contribution in [1.82, 2.24) is 15.0 Å². The van der Waals surface area contributed by atoms with Crippen LogP contribution in [0.25, 0.3) is 0 Å². The predicted octanol–water partition coefficient (Wildman–Crippen LogP) is 1.98. The summed E-state index contributed by atoms with van der Waals surface area (Å²) in [4.78, 5) is 12.1. The summed E-state index contributed by atoms with van der Waals surface area (Å²) in [5.41, 5.74) is 4.32.